The zero-order chi connectivity index (χ0) is 21.3. The van der Waals surface area contributed by atoms with Crippen molar-refractivity contribution < 1.29 is 4.79 Å². The van der Waals surface area contributed by atoms with Crippen molar-refractivity contribution in [2.45, 2.75) is 90.5 Å². The predicted octanol–water partition coefficient (Wildman–Crippen LogP) is 5.84. The zero-order valence-electron chi connectivity index (χ0n) is 19.4. The van der Waals surface area contributed by atoms with Gasteiger partial charge in [0, 0.05) is 18.7 Å². The van der Waals surface area contributed by atoms with Crippen LogP contribution < -0.4 is 0 Å². The fraction of sp³-hybridized carbons (Fsp3) is 0.769. The lowest BCUT2D eigenvalue weighted by Gasteiger charge is -2.32. The van der Waals surface area contributed by atoms with E-state index in [2.05, 4.69) is 41.3 Å². The van der Waals surface area contributed by atoms with Crippen LogP contribution >= 0.6 is 0 Å². The van der Waals surface area contributed by atoms with Crippen LogP contribution in [0.2, 0.25) is 0 Å². The molecule has 0 spiro atoms. The molecule has 1 aromatic heterocycles. The first-order valence-electron chi connectivity index (χ1n) is 12.5. The number of hydrogen-bond donors (Lipinski definition) is 0. The maximum absolute atomic E-state index is 11.7. The molecule has 2 fully saturated rings. The number of unbranched alkanes of at least 4 members (excludes halogenated alkanes) is 2. The van der Waals surface area contributed by atoms with Gasteiger partial charge in [-0.3, -0.25) is 9.48 Å². The van der Waals surface area contributed by atoms with Gasteiger partial charge >= 0.3 is 0 Å². The van der Waals surface area contributed by atoms with Gasteiger partial charge in [-0.2, -0.15) is 5.10 Å². The summed E-state index contributed by atoms with van der Waals surface area (Å²) >= 11 is 0. The smallest absolute Gasteiger partial charge is 0.158 e. The molecule has 3 rings (SSSR count). The average molecular weight is 414 g/mol. The second-order valence-electron chi connectivity index (χ2n) is 10.1. The van der Waals surface area contributed by atoms with Crippen LogP contribution in [0.15, 0.2) is 25.0 Å². The van der Waals surface area contributed by atoms with Crippen LogP contribution in [-0.4, -0.2) is 40.1 Å². The summed E-state index contributed by atoms with van der Waals surface area (Å²) in [6, 6.07) is 0. The van der Waals surface area contributed by atoms with Crippen molar-refractivity contribution in [3.63, 3.8) is 0 Å². The summed E-state index contributed by atoms with van der Waals surface area (Å²) in [5.74, 6) is 2.74. The quantitative estimate of drug-likeness (QED) is 0.338. The third kappa shape index (κ3) is 7.08. The first kappa shape index (κ1) is 23.2. The Labute approximate surface area is 184 Å². The second-order valence-corrected chi connectivity index (χ2v) is 10.1. The number of piperidine rings is 1. The molecule has 168 valence electrons. The van der Waals surface area contributed by atoms with E-state index in [0.717, 1.165) is 31.2 Å². The van der Waals surface area contributed by atoms with E-state index in [4.69, 9.17) is 0 Å². The zero-order valence-corrected chi connectivity index (χ0v) is 19.4. The van der Waals surface area contributed by atoms with Crippen molar-refractivity contribution in [2.24, 2.45) is 17.8 Å². The number of carbonyl (C=O) groups is 1. The van der Waals surface area contributed by atoms with Crippen LogP contribution in [0.3, 0.4) is 0 Å². The van der Waals surface area contributed by atoms with E-state index >= 15 is 0 Å². The van der Waals surface area contributed by atoms with Crippen molar-refractivity contribution in [2.75, 3.05) is 19.6 Å². The van der Waals surface area contributed by atoms with Crippen LogP contribution in [-0.2, 0) is 11.3 Å². The SMILES string of the molecule is C=CC(=O)C1CCC(CCCCCN2CCC(Cn3cc(C(C)C)cn3)CC2)CC1. The number of allylic oxidation sites excluding steroid dienone is 1. The molecular weight excluding hydrogens is 370 g/mol. The lowest BCUT2D eigenvalue weighted by molar-refractivity contribution is -0.119. The standard InChI is InChI=1S/C26H43N3O/c1-4-26(30)24-11-9-22(10-12-24)8-6-5-7-15-28-16-13-23(14-17-28)19-29-20-25(18-27-29)21(2)3/h4,18,20-24H,1,5-17,19H2,2-3H3. The number of ketones is 1. The molecule has 2 aliphatic rings. The molecule has 1 saturated carbocycles. The van der Waals surface area contributed by atoms with E-state index in [1.807, 2.05) is 6.20 Å². The first-order chi connectivity index (χ1) is 14.5. The Bertz CT molecular complexity index is 649. The van der Waals surface area contributed by atoms with Crippen molar-refractivity contribution >= 4 is 5.78 Å². The summed E-state index contributed by atoms with van der Waals surface area (Å²) in [6.45, 7) is 13.0. The molecule has 30 heavy (non-hydrogen) atoms. The largest absolute Gasteiger partial charge is 0.303 e. The van der Waals surface area contributed by atoms with E-state index < -0.39 is 0 Å². The van der Waals surface area contributed by atoms with E-state index in [0.29, 0.717) is 5.92 Å². The van der Waals surface area contributed by atoms with Crippen molar-refractivity contribution in [3.05, 3.63) is 30.6 Å². The van der Waals surface area contributed by atoms with Gasteiger partial charge in [0.2, 0.25) is 0 Å². The highest BCUT2D eigenvalue weighted by molar-refractivity contribution is 5.91. The van der Waals surface area contributed by atoms with Crippen LogP contribution in [0.4, 0.5) is 0 Å². The normalized spacial score (nSPS) is 23.7. The summed E-state index contributed by atoms with van der Waals surface area (Å²) in [6.07, 6.45) is 18.5. The lowest BCUT2D eigenvalue weighted by atomic mass is 9.78. The maximum Gasteiger partial charge on any atom is 0.158 e. The number of nitrogens with zero attached hydrogens (tertiary/aromatic N) is 3. The van der Waals surface area contributed by atoms with Gasteiger partial charge in [0.1, 0.15) is 0 Å². The van der Waals surface area contributed by atoms with E-state index in [1.54, 1.807) is 0 Å². The second kappa shape index (κ2) is 11.8. The molecule has 4 nitrogen and oxygen atoms in total. The van der Waals surface area contributed by atoms with Crippen molar-refractivity contribution in [1.29, 1.82) is 0 Å². The number of carbonyl (C=O) groups excluding carboxylic acids is 1. The number of likely N-dealkylation sites (tertiary alicyclic amines) is 1. The van der Waals surface area contributed by atoms with Gasteiger partial charge in [0.15, 0.2) is 5.78 Å². The Hall–Kier alpha value is -1.42. The first-order valence-corrected chi connectivity index (χ1v) is 12.5. The third-order valence-electron chi connectivity index (χ3n) is 7.51. The van der Waals surface area contributed by atoms with Gasteiger partial charge in [-0.1, -0.05) is 39.7 Å². The van der Waals surface area contributed by atoms with Gasteiger partial charge in [-0.15, -0.1) is 0 Å². The van der Waals surface area contributed by atoms with Gasteiger partial charge in [-0.25, -0.2) is 0 Å². The van der Waals surface area contributed by atoms with Crippen LogP contribution in [0.5, 0.6) is 0 Å². The molecule has 0 bridgehead atoms. The molecule has 0 aromatic carbocycles. The molecule has 0 atom stereocenters. The van der Waals surface area contributed by atoms with Crippen LogP contribution in [0.25, 0.3) is 0 Å². The molecule has 0 unspecified atom stereocenters. The summed E-state index contributed by atoms with van der Waals surface area (Å²) < 4.78 is 2.16. The molecule has 1 aliphatic heterocycles. The summed E-state index contributed by atoms with van der Waals surface area (Å²) in [5, 5.41) is 4.56. The van der Waals surface area contributed by atoms with Gasteiger partial charge in [-0.05, 0) is 94.0 Å². The highest BCUT2D eigenvalue weighted by Crippen LogP contribution is 2.32. The van der Waals surface area contributed by atoms with E-state index in [-0.39, 0.29) is 11.7 Å². The molecule has 1 aromatic rings. The maximum atomic E-state index is 11.7. The molecule has 1 aliphatic carbocycles. The number of aromatic nitrogens is 2. The Morgan fingerprint density at radius 2 is 1.83 bits per heavy atom. The molecule has 0 amide bonds. The summed E-state index contributed by atoms with van der Waals surface area (Å²) in [5.41, 5.74) is 1.35. The van der Waals surface area contributed by atoms with Gasteiger partial charge < -0.3 is 4.90 Å². The highest BCUT2D eigenvalue weighted by atomic mass is 16.1. The van der Waals surface area contributed by atoms with Crippen molar-refractivity contribution in [1.82, 2.24) is 14.7 Å². The minimum atomic E-state index is 0.266. The Morgan fingerprint density at radius 3 is 2.47 bits per heavy atom. The molecule has 2 heterocycles. The Balaban J connectivity index is 1.22. The predicted molar refractivity (Wildman–Crippen MR) is 125 cm³/mol. The molecule has 0 N–H and O–H groups in total. The molecule has 1 saturated heterocycles. The third-order valence-corrected chi connectivity index (χ3v) is 7.51. The van der Waals surface area contributed by atoms with Gasteiger partial charge in [0.05, 0.1) is 6.20 Å². The van der Waals surface area contributed by atoms with Crippen LogP contribution in [0.1, 0.15) is 89.5 Å². The minimum Gasteiger partial charge on any atom is -0.303 e. The van der Waals surface area contributed by atoms with E-state index in [9.17, 15) is 4.79 Å². The summed E-state index contributed by atoms with van der Waals surface area (Å²) in [7, 11) is 0. The monoisotopic (exact) mass is 413 g/mol. The Kier molecular flexibility index (Phi) is 9.17. The minimum absolute atomic E-state index is 0.266. The molecule has 4 heteroatoms. The molecule has 0 radical (unpaired) electrons. The topological polar surface area (TPSA) is 38.1 Å². The Morgan fingerprint density at radius 1 is 1.10 bits per heavy atom. The highest BCUT2D eigenvalue weighted by Gasteiger charge is 2.24. The molecular formula is C26H43N3O. The van der Waals surface area contributed by atoms with E-state index in [1.165, 1.54) is 82.6 Å². The number of rotatable bonds is 11. The fourth-order valence-corrected chi connectivity index (χ4v) is 5.28. The van der Waals surface area contributed by atoms with Crippen LogP contribution in [0, 0.1) is 17.8 Å². The lowest BCUT2D eigenvalue weighted by Crippen LogP contribution is -2.35. The fourth-order valence-electron chi connectivity index (χ4n) is 5.28. The van der Waals surface area contributed by atoms with Gasteiger partial charge in [0.25, 0.3) is 0 Å². The summed E-state index contributed by atoms with van der Waals surface area (Å²) in [4.78, 5) is 14.4. The average Bonchev–Trinajstić information content (AvgIpc) is 3.23. The number of hydrogen-bond acceptors (Lipinski definition) is 3. The van der Waals surface area contributed by atoms with Crippen molar-refractivity contribution in [3.8, 4) is 0 Å².